The van der Waals surface area contributed by atoms with E-state index in [0.717, 1.165) is 30.0 Å². The Morgan fingerprint density at radius 1 is 1.30 bits per heavy atom. The van der Waals surface area contributed by atoms with Crippen LogP contribution in [0, 0.1) is 6.92 Å². The highest BCUT2D eigenvalue weighted by molar-refractivity contribution is 5.42. The number of nitrogens with zero attached hydrogens (tertiary/aromatic N) is 3. The number of hydrogen-bond donors (Lipinski definition) is 1. The summed E-state index contributed by atoms with van der Waals surface area (Å²) in [6, 6.07) is 3.43. The highest BCUT2D eigenvalue weighted by atomic mass is 16.1. The van der Waals surface area contributed by atoms with E-state index in [2.05, 4.69) is 22.2 Å². The maximum atomic E-state index is 11.7. The molecule has 5 nitrogen and oxygen atoms in total. The van der Waals surface area contributed by atoms with Crippen LogP contribution in [0.5, 0.6) is 0 Å². The lowest BCUT2D eigenvalue weighted by Crippen LogP contribution is -2.19. The Kier molecular flexibility index (Phi) is 4.50. The molecular weight excluding hydrogens is 252 g/mol. The molecule has 1 atom stereocenters. The maximum absolute atomic E-state index is 11.7. The van der Waals surface area contributed by atoms with Gasteiger partial charge in [0.2, 0.25) is 0 Å². The fourth-order valence-electron chi connectivity index (χ4n) is 2.19. The molecule has 0 saturated carbocycles. The Morgan fingerprint density at radius 3 is 2.75 bits per heavy atom. The maximum Gasteiger partial charge on any atom is 0.250 e. The first-order valence-electron chi connectivity index (χ1n) is 6.86. The Morgan fingerprint density at radius 2 is 2.05 bits per heavy atom. The highest BCUT2D eigenvalue weighted by Gasteiger charge is 2.10. The van der Waals surface area contributed by atoms with Gasteiger partial charge >= 0.3 is 0 Å². The predicted molar refractivity (Wildman–Crippen MR) is 79.8 cm³/mol. The van der Waals surface area contributed by atoms with Crippen molar-refractivity contribution in [3.05, 3.63) is 52.5 Å². The molecule has 0 saturated heterocycles. The van der Waals surface area contributed by atoms with E-state index in [1.165, 1.54) is 0 Å². The van der Waals surface area contributed by atoms with Crippen LogP contribution < -0.4 is 10.9 Å². The minimum atomic E-state index is 0.0285. The molecule has 2 heterocycles. The van der Waals surface area contributed by atoms with Crippen molar-refractivity contribution in [1.29, 1.82) is 0 Å². The molecule has 0 aromatic carbocycles. The second-order valence-corrected chi connectivity index (χ2v) is 4.84. The smallest absolute Gasteiger partial charge is 0.250 e. The van der Waals surface area contributed by atoms with Crippen LogP contribution in [0.25, 0.3) is 0 Å². The lowest BCUT2D eigenvalue weighted by atomic mass is 10.2. The zero-order valence-electron chi connectivity index (χ0n) is 12.1. The predicted octanol–water partition coefficient (Wildman–Crippen LogP) is 2.53. The number of aryl methyl sites for hydroxylation is 2. The molecule has 2 aromatic rings. The normalized spacial score (nSPS) is 12.2. The zero-order chi connectivity index (χ0) is 14.5. The van der Waals surface area contributed by atoms with Gasteiger partial charge in [0.25, 0.3) is 5.56 Å². The van der Waals surface area contributed by atoms with E-state index < -0.39 is 0 Å². The van der Waals surface area contributed by atoms with Crippen LogP contribution in [0.3, 0.4) is 0 Å². The van der Waals surface area contributed by atoms with Crippen LogP contribution >= 0.6 is 0 Å². The quantitative estimate of drug-likeness (QED) is 0.908. The fourth-order valence-corrected chi connectivity index (χ4v) is 2.19. The first kappa shape index (κ1) is 14.2. The number of anilines is 1. The SMILES string of the molecule is CCCn1cc(NC(C)c2nccnc2C)ccc1=O. The molecule has 0 aliphatic rings. The lowest BCUT2D eigenvalue weighted by Gasteiger charge is -2.17. The van der Waals surface area contributed by atoms with E-state index in [1.807, 2.05) is 20.0 Å². The molecule has 106 valence electrons. The minimum Gasteiger partial charge on any atom is -0.376 e. The van der Waals surface area contributed by atoms with Gasteiger partial charge in [-0.3, -0.25) is 14.8 Å². The second kappa shape index (κ2) is 6.32. The average Bonchev–Trinajstić information content (AvgIpc) is 2.43. The third-order valence-electron chi connectivity index (χ3n) is 3.16. The molecule has 0 radical (unpaired) electrons. The van der Waals surface area contributed by atoms with E-state index in [1.54, 1.807) is 29.1 Å². The molecule has 5 heteroatoms. The van der Waals surface area contributed by atoms with Crippen molar-refractivity contribution in [3.8, 4) is 0 Å². The summed E-state index contributed by atoms with van der Waals surface area (Å²) in [6.45, 7) is 6.76. The summed E-state index contributed by atoms with van der Waals surface area (Å²) in [7, 11) is 0. The van der Waals surface area contributed by atoms with Crippen molar-refractivity contribution in [1.82, 2.24) is 14.5 Å². The number of nitrogens with one attached hydrogen (secondary N) is 1. The molecule has 2 rings (SSSR count). The van der Waals surface area contributed by atoms with Crippen molar-refractivity contribution in [3.63, 3.8) is 0 Å². The van der Waals surface area contributed by atoms with Crippen molar-refractivity contribution >= 4 is 5.69 Å². The Labute approximate surface area is 118 Å². The third kappa shape index (κ3) is 3.23. The van der Waals surface area contributed by atoms with E-state index >= 15 is 0 Å². The van der Waals surface area contributed by atoms with Gasteiger partial charge in [0.1, 0.15) is 0 Å². The van der Waals surface area contributed by atoms with Crippen molar-refractivity contribution in [2.24, 2.45) is 0 Å². The summed E-state index contributed by atoms with van der Waals surface area (Å²) >= 11 is 0. The van der Waals surface area contributed by atoms with Gasteiger partial charge in [-0.25, -0.2) is 0 Å². The number of aromatic nitrogens is 3. The summed E-state index contributed by atoms with van der Waals surface area (Å²) in [6.07, 6.45) is 6.17. The fraction of sp³-hybridized carbons (Fsp3) is 0.400. The van der Waals surface area contributed by atoms with Gasteiger partial charge in [0.15, 0.2) is 0 Å². The minimum absolute atomic E-state index is 0.0285. The molecule has 2 aromatic heterocycles. The highest BCUT2D eigenvalue weighted by Crippen LogP contribution is 2.18. The van der Waals surface area contributed by atoms with Gasteiger partial charge in [-0.1, -0.05) is 6.92 Å². The lowest BCUT2D eigenvalue weighted by molar-refractivity contribution is 0.653. The van der Waals surface area contributed by atoms with E-state index in [4.69, 9.17) is 0 Å². The molecular formula is C15H20N4O. The van der Waals surface area contributed by atoms with Gasteiger partial charge in [-0.15, -0.1) is 0 Å². The molecule has 0 aliphatic heterocycles. The molecule has 0 bridgehead atoms. The molecule has 20 heavy (non-hydrogen) atoms. The molecule has 1 unspecified atom stereocenters. The number of rotatable bonds is 5. The van der Waals surface area contributed by atoms with Gasteiger partial charge < -0.3 is 9.88 Å². The van der Waals surface area contributed by atoms with Gasteiger partial charge in [0.05, 0.1) is 23.1 Å². The summed E-state index contributed by atoms with van der Waals surface area (Å²) < 4.78 is 1.72. The molecule has 0 fully saturated rings. The summed E-state index contributed by atoms with van der Waals surface area (Å²) in [5.41, 5.74) is 2.77. The van der Waals surface area contributed by atoms with Crippen LogP contribution in [0.4, 0.5) is 5.69 Å². The molecule has 0 amide bonds. The van der Waals surface area contributed by atoms with Crippen LogP contribution in [-0.2, 0) is 6.54 Å². The molecule has 0 spiro atoms. The summed E-state index contributed by atoms with van der Waals surface area (Å²) in [5, 5.41) is 3.36. The van der Waals surface area contributed by atoms with E-state index in [-0.39, 0.29) is 11.6 Å². The van der Waals surface area contributed by atoms with Crippen LogP contribution in [-0.4, -0.2) is 14.5 Å². The van der Waals surface area contributed by atoms with E-state index in [9.17, 15) is 4.79 Å². The standard InChI is InChI=1S/C15H20N4O/c1-4-9-19-10-13(5-6-14(19)20)18-12(3)15-11(2)16-7-8-17-15/h5-8,10,12,18H,4,9H2,1-3H3. The van der Waals surface area contributed by atoms with Gasteiger partial charge in [0, 0.05) is 31.2 Å². The van der Waals surface area contributed by atoms with Gasteiger partial charge in [-0.05, 0) is 26.3 Å². The monoisotopic (exact) mass is 272 g/mol. The zero-order valence-corrected chi connectivity index (χ0v) is 12.1. The molecule has 0 aliphatic carbocycles. The van der Waals surface area contributed by atoms with Crippen molar-refractivity contribution < 1.29 is 0 Å². The van der Waals surface area contributed by atoms with Gasteiger partial charge in [-0.2, -0.15) is 0 Å². The topological polar surface area (TPSA) is 59.8 Å². The second-order valence-electron chi connectivity index (χ2n) is 4.84. The average molecular weight is 272 g/mol. The van der Waals surface area contributed by atoms with Crippen LogP contribution in [0.2, 0.25) is 0 Å². The van der Waals surface area contributed by atoms with Crippen LogP contribution in [0.15, 0.2) is 35.5 Å². The Bertz CT molecular complexity index is 636. The molecule has 1 N–H and O–H groups in total. The summed E-state index contributed by atoms with van der Waals surface area (Å²) in [4.78, 5) is 20.3. The summed E-state index contributed by atoms with van der Waals surface area (Å²) in [5.74, 6) is 0. The number of pyridine rings is 1. The van der Waals surface area contributed by atoms with Crippen molar-refractivity contribution in [2.45, 2.75) is 39.8 Å². The third-order valence-corrected chi connectivity index (χ3v) is 3.16. The first-order chi connectivity index (χ1) is 9.61. The van der Waals surface area contributed by atoms with E-state index in [0.29, 0.717) is 0 Å². The Balaban J connectivity index is 2.20. The first-order valence-corrected chi connectivity index (χ1v) is 6.86. The Hall–Kier alpha value is -2.17. The number of hydrogen-bond acceptors (Lipinski definition) is 4. The largest absolute Gasteiger partial charge is 0.376 e. The van der Waals surface area contributed by atoms with Crippen LogP contribution in [0.1, 0.15) is 37.7 Å². The van der Waals surface area contributed by atoms with Crippen molar-refractivity contribution in [2.75, 3.05) is 5.32 Å².